The van der Waals surface area contributed by atoms with Crippen molar-refractivity contribution in [2.75, 3.05) is 27.2 Å². The number of nitrogens with one attached hydrogen (secondary N) is 2. The highest BCUT2D eigenvalue weighted by Gasteiger charge is 2.03. The molecule has 0 bridgehead atoms. The van der Waals surface area contributed by atoms with Gasteiger partial charge in [0, 0.05) is 12.6 Å². The molecule has 4 N–H and O–H groups in total. The minimum absolute atomic E-state index is 0.418. The van der Waals surface area contributed by atoms with Crippen LogP contribution in [0.4, 0.5) is 0 Å². The van der Waals surface area contributed by atoms with Crippen LogP contribution >= 0.6 is 0 Å². The molecule has 0 aliphatic heterocycles. The minimum Gasteiger partial charge on any atom is -0.355 e. The lowest BCUT2D eigenvalue weighted by molar-refractivity contribution is 0.320. The Hall–Kier alpha value is -0.810. The van der Waals surface area contributed by atoms with Crippen molar-refractivity contribution in [3.63, 3.8) is 0 Å². The third-order valence-corrected chi connectivity index (χ3v) is 2.35. The molecule has 15 heavy (non-hydrogen) atoms. The summed E-state index contributed by atoms with van der Waals surface area (Å²) in [6.07, 6.45) is 2.29. The summed E-state index contributed by atoms with van der Waals surface area (Å²) in [5.74, 6) is 6.04. The standard InChI is InChI=1S/C10H25N5/c1-5-6-7-12-10(14-11)13-8-9(2)15(3)4/h9H,5-8,11H2,1-4H3,(H2,12,13,14). The first kappa shape index (κ1) is 14.2. The lowest BCUT2D eigenvalue weighted by atomic mass is 10.3. The van der Waals surface area contributed by atoms with E-state index < -0.39 is 0 Å². The molecule has 0 rings (SSSR count). The van der Waals surface area contributed by atoms with Gasteiger partial charge in [0.05, 0.1) is 6.54 Å². The Balaban J connectivity index is 3.88. The second-order valence-corrected chi connectivity index (χ2v) is 3.93. The molecule has 0 heterocycles. The zero-order valence-electron chi connectivity index (χ0n) is 10.4. The summed E-state index contributed by atoms with van der Waals surface area (Å²) >= 11 is 0. The highest BCUT2D eigenvalue weighted by molar-refractivity contribution is 5.79. The number of aliphatic imine (C=N–C) groups is 1. The second kappa shape index (κ2) is 8.49. The zero-order chi connectivity index (χ0) is 11.7. The zero-order valence-corrected chi connectivity index (χ0v) is 10.4. The van der Waals surface area contributed by atoms with Gasteiger partial charge in [0.1, 0.15) is 0 Å². The van der Waals surface area contributed by atoms with Crippen LogP contribution in [-0.2, 0) is 0 Å². The number of likely N-dealkylation sites (N-methyl/N-ethyl adjacent to an activating group) is 1. The second-order valence-electron chi connectivity index (χ2n) is 3.93. The van der Waals surface area contributed by atoms with E-state index in [1.807, 2.05) is 14.1 Å². The van der Waals surface area contributed by atoms with Gasteiger partial charge in [-0.15, -0.1) is 0 Å². The molecule has 5 heteroatoms. The molecule has 0 aliphatic rings. The van der Waals surface area contributed by atoms with Crippen molar-refractivity contribution < 1.29 is 0 Å². The molecule has 1 unspecified atom stereocenters. The fraction of sp³-hybridized carbons (Fsp3) is 0.900. The number of nitrogens with zero attached hydrogens (tertiary/aromatic N) is 2. The third-order valence-electron chi connectivity index (χ3n) is 2.35. The summed E-state index contributed by atoms with van der Waals surface area (Å²) in [6, 6.07) is 0.418. The molecule has 0 aromatic heterocycles. The number of rotatable bonds is 6. The van der Waals surface area contributed by atoms with Gasteiger partial charge in [-0.2, -0.15) is 0 Å². The predicted molar refractivity (Wildman–Crippen MR) is 65.7 cm³/mol. The van der Waals surface area contributed by atoms with Crippen molar-refractivity contribution in [2.24, 2.45) is 10.8 Å². The number of hydrazine groups is 1. The molecule has 0 aromatic rings. The fourth-order valence-electron chi connectivity index (χ4n) is 0.923. The first-order chi connectivity index (χ1) is 7.11. The van der Waals surface area contributed by atoms with Crippen LogP contribution in [0, 0.1) is 0 Å². The summed E-state index contributed by atoms with van der Waals surface area (Å²) in [5, 5.41) is 3.16. The maximum Gasteiger partial charge on any atom is 0.205 e. The minimum atomic E-state index is 0.418. The molecular weight excluding hydrogens is 190 g/mol. The Morgan fingerprint density at radius 1 is 1.47 bits per heavy atom. The van der Waals surface area contributed by atoms with Gasteiger partial charge in [0.25, 0.3) is 0 Å². The highest BCUT2D eigenvalue weighted by Crippen LogP contribution is 1.91. The lowest BCUT2D eigenvalue weighted by Gasteiger charge is -2.18. The third kappa shape index (κ3) is 7.16. The van der Waals surface area contributed by atoms with Crippen molar-refractivity contribution in [1.82, 2.24) is 15.6 Å². The molecule has 5 nitrogen and oxygen atoms in total. The van der Waals surface area contributed by atoms with Gasteiger partial charge in [-0.25, -0.2) is 5.84 Å². The van der Waals surface area contributed by atoms with E-state index in [1.165, 1.54) is 6.42 Å². The molecule has 0 saturated heterocycles. The molecule has 0 amide bonds. The largest absolute Gasteiger partial charge is 0.355 e. The number of nitrogens with two attached hydrogens (primary N) is 1. The van der Waals surface area contributed by atoms with Crippen molar-refractivity contribution in [3.8, 4) is 0 Å². The molecule has 90 valence electrons. The monoisotopic (exact) mass is 215 g/mol. The summed E-state index contributed by atoms with van der Waals surface area (Å²) in [4.78, 5) is 6.49. The predicted octanol–water partition coefficient (Wildman–Crippen LogP) is 0.146. The normalized spacial score (nSPS) is 14.1. The van der Waals surface area contributed by atoms with Crippen molar-refractivity contribution in [3.05, 3.63) is 0 Å². The van der Waals surface area contributed by atoms with Gasteiger partial charge in [0.15, 0.2) is 0 Å². The van der Waals surface area contributed by atoms with E-state index in [2.05, 4.69) is 34.5 Å². The van der Waals surface area contributed by atoms with Crippen molar-refractivity contribution >= 4 is 5.96 Å². The van der Waals surface area contributed by atoms with Crippen LogP contribution in [0.2, 0.25) is 0 Å². The number of unbranched alkanes of at least 4 members (excludes halogenated alkanes) is 1. The van der Waals surface area contributed by atoms with Gasteiger partial charge in [-0.3, -0.25) is 10.4 Å². The molecule has 0 aromatic carbocycles. The number of guanidine groups is 1. The Kier molecular flexibility index (Phi) is 8.04. The molecule has 0 spiro atoms. The topological polar surface area (TPSA) is 65.7 Å². The Labute approximate surface area is 93.1 Å². The van der Waals surface area contributed by atoms with Gasteiger partial charge in [0.2, 0.25) is 5.96 Å². The maximum atomic E-state index is 5.36. The van der Waals surface area contributed by atoms with Crippen LogP contribution < -0.4 is 16.6 Å². The summed E-state index contributed by atoms with van der Waals surface area (Å²) in [7, 11) is 4.08. The SMILES string of the molecule is CCCCNC(=NCC(C)N(C)C)NN. The van der Waals surface area contributed by atoms with E-state index in [-0.39, 0.29) is 0 Å². The van der Waals surface area contributed by atoms with E-state index >= 15 is 0 Å². The molecule has 0 radical (unpaired) electrons. The molecule has 1 atom stereocenters. The quantitative estimate of drug-likeness (QED) is 0.194. The lowest BCUT2D eigenvalue weighted by Crippen LogP contribution is -2.42. The summed E-state index contributed by atoms with van der Waals surface area (Å²) in [5.41, 5.74) is 2.58. The maximum absolute atomic E-state index is 5.36. The van der Waals surface area contributed by atoms with Gasteiger partial charge < -0.3 is 10.2 Å². The van der Waals surface area contributed by atoms with Crippen molar-refractivity contribution in [1.29, 1.82) is 0 Å². The van der Waals surface area contributed by atoms with Crippen LogP contribution in [0.25, 0.3) is 0 Å². The summed E-state index contributed by atoms with van der Waals surface area (Å²) in [6.45, 7) is 5.94. The molecular formula is C10H25N5. The van der Waals surface area contributed by atoms with Crippen LogP contribution in [0.3, 0.4) is 0 Å². The Morgan fingerprint density at radius 3 is 2.60 bits per heavy atom. The average molecular weight is 215 g/mol. The van der Waals surface area contributed by atoms with Crippen LogP contribution in [0.15, 0.2) is 4.99 Å². The smallest absolute Gasteiger partial charge is 0.205 e. The fourth-order valence-corrected chi connectivity index (χ4v) is 0.923. The van der Waals surface area contributed by atoms with Crippen LogP contribution in [0.5, 0.6) is 0 Å². The van der Waals surface area contributed by atoms with E-state index in [1.54, 1.807) is 0 Å². The van der Waals surface area contributed by atoms with Gasteiger partial charge >= 0.3 is 0 Å². The first-order valence-corrected chi connectivity index (χ1v) is 5.53. The van der Waals surface area contributed by atoms with E-state index in [0.29, 0.717) is 12.0 Å². The average Bonchev–Trinajstić information content (AvgIpc) is 2.22. The molecule has 0 fully saturated rings. The Bertz CT molecular complexity index is 179. The van der Waals surface area contributed by atoms with Gasteiger partial charge in [-0.05, 0) is 27.4 Å². The Morgan fingerprint density at radius 2 is 2.13 bits per heavy atom. The van der Waals surface area contributed by atoms with E-state index in [4.69, 9.17) is 5.84 Å². The first-order valence-electron chi connectivity index (χ1n) is 5.53. The summed E-state index contributed by atoms with van der Waals surface area (Å²) < 4.78 is 0. The van der Waals surface area contributed by atoms with Crippen molar-refractivity contribution in [2.45, 2.75) is 32.7 Å². The van der Waals surface area contributed by atoms with E-state index in [0.717, 1.165) is 19.5 Å². The number of hydrogen-bond donors (Lipinski definition) is 3. The molecule has 0 saturated carbocycles. The van der Waals surface area contributed by atoms with Crippen LogP contribution in [-0.4, -0.2) is 44.1 Å². The van der Waals surface area contributed by atoms with Crippen LogP contribution in [0.1, 0.15) is 26.7 Å². The highest BCUT2D eigenvalue weighted by atomic mass is 15.3. The molecule has 0 aliphatic carbocycles. The van der Waals surface area contributed by atoms with Gasteiger partial charge in [-0.1, -0.05) is 13.3 Å². The number of hydrogen-bond acceptors (Lipinski definition) is 3. The van der Waals surface area contributed by atoms with E-state index in [9.17, 15) is 0 Å².